The highest BCUT2D eigenvalue weighted by molar-refractivity contribution is 6.08. The second-order valence-corrected chi connectivity index (χ2v) is 8.02. The number of fused-ring (bicyclic) bond motifs is 3. The number of nitrogens with zero attached hydrogens (tertiary/aromatic N) is 1. The third-order valence-corrected chi connectivity index (χ3v) is 5.66. The molecule has 1 aromatic heterocycles. The molecular weight excluding hydrogens is 314 g/mol. The second kappa shape index (κ2) is 9.26. The van der Waals surface area contributed by atoms with E-state index in [0.29, 0.717) is 0 Å². The van der Waals surface area contributed by atoms with Crippen molar-refractivity contribution in [1.82, 2.24) is 4.57 Å². The molecule has 1 heteroatoms. The van der Waals surface area contributed by atoms with Crippen molar-refractivity contribution in [3.63, 3.8) is 0 Å². The molecule has 0 unspecified atom stereocenters. The monoisotopic (exact) mass is 349 g/mol. The lowest BCUT2D eigenvalue weighted by atomic mass is 10.1. The lowest BCUT2D eigenvalue weighted by Gasteiger charge is -2.08. The average molecular weight is 350 g/mol. The molecule has 0 radical (unpaired) electrons. The summed E-state index contributed by atoms with van der Waals surface area (Å²) in [6, 6.07) is 13.8. The van der Waals surface area contributed by atoms with Crippen molar-refractivity contribution in [3.8, 4) is 0 Å². The van der Waals surface area contributed by atoms with Crippen LogP contribution < -0.4 is 0 Å². The molecule has 0 saturated heterocycles. The average Bonchev–Trinajstić information content (AvgIpc) is 2.93. The van der Waals surface area contributed by atoms with E-state index in [0.717, 1.165) is 6.54 Å². The Morgan fingerprint density at radius 1 is 0.615 bits per heavy atom. The van der Waals surface area contributed by atoms with Crippen LogP contribution in [0.2, 0.25) is 0 Å². The van der Waals surface area contributed by atoms with Gasteiger partial charge in [0.1, 0.15) is 0 Å². The summed E-state index contributed by atoms with van der Waals surface area (Å²) in [5.74, 6) is 0. The summed E-state index contributed by atoms with van der Waals surface area (Å²) in [4.78, 5) is 0. The maximum Gasteiger partial charge on any atom is 0.0491 e. The van der Waals surface area contributed by atoms with Crippen molar-refractivity contribution < 1.29 is 0 Å². The number of aryl methyl sites for hydroxylation is 3. The van der Waals surface area contributed by atoms with Gasteiger partial charge in [-0.1, -0.05) is 81.5 Å². The first-order valence-electron chi connectivity index (χ1n) is 10.7. The third-order valence-electron chi connectivity index (χ3n) is 5.66. The van der Waals surface area contributed by atoms with Gasteiger partial charge in [-0.05, 0) is 44.5 Å². The molecule has 0 bridgehead atoms. The predicted octanol–water partition coefficient (Wildman–Crippen LogP) is 7.94. The Morgan fingerprint density at radius 2 is 1.08 bits per heavy atom. The Morgan fingerprint density at radius 3 is 1.58 bits per heavy atom. The van der Waals surface area contributed by atoms with E-state index in [4.69, 9.17) is 0 Å². The topological polar surface area (TPSA) is 4.93 Å². The molecule has 0 saturated carbocycles. The minimum atomic E-state index is 1.14. The van der Waals surface area contributed by atoms with Gasteiger partial charge < -0.3 is 4.57 Å². The maximum absolute atomic E-state index is 2.55. The molecule has 0 spiro atoms. The Balaban J connectivity index is 1.62. The molecule has 0 fully saturated rings. The van der Waals surface area contributed by atoms with Crippen LogP contribution in [0.15, 0.2) is 36.4 Å². The van der Waals surface area contributed by atoms with Gasteiger partial charge in [0.05, 0.1) is 0 Å². The molecule has 3 aromatic rings. The van der Waals surface area contributed by atoms with E-state index < -0.39 is 0 Å². The van der Waals surface area contributed by atoms with Gasteiger partial charge in [0, 0.05) is 28.4 Å². The molecule has 140 valence electrons. The van der Waals surface area contributed by atoms with Gasteiger partial charge in [-0.3, -0.25) is 0 Å². The van der Waals surface area contributed by atoms with Crippen molar-refractivity contribution in [2.24, 2.45) is 0 Å². The fourth-order valence-corrected chi connectivity index (χ4v) is 4.15. The predicted molar refractivity (Wildman–Crippen MR) is 116 cm³/mol. The summed E-state index contributed by atoms with van der Waals surface area (Å²) in [6.45, 7) is 7.82. The lowest BCUT2D eigenvalue weighted by molar-refractivity contribution is 0.546. The quantitative estimate of drug-likeness (QED) is 0.327. The molecule has 1 nitrogen and oxygen atoms in total. The van der Waals surface area contributed by atoms with Crippen LogP contribution in [-0.4, -0.2) is 4.57 Å². The van der Waals surface area contributed by atoms with Gasteiger partial charge in [0.2, 0.25) is 0 Å². The van der Waals surface area contributed by atoms with E-state index in [2.05, 4.69) is 61.7 Å². The fourth-order valence-electron chi connectivity index (χ4n) is 4.15. The Hall–Kier alpha value is -1.76. The van der Waals surface area contributed by atoms with Gasteiger partial charge in [-0.15, -0.1) is 0 Å². The summed E-state index contributed by atoms with van der Waals surface area (Å²) >= 11 is 0. The van der Waals surface area contributed by atoms with E-state index in [1.165, 1.54) is 90.7 Å². The van der Waals surface area contributed by atoms with Crippen molar-refractivity contribution >= 4 is 21.8 Å². The van der Waals surface area contributed by atoms with Gasteiger partial charge in [-0.2, -0.15) is 0 Å². The molecule has 2 aromatic carbocycles. The molecule has 1 heterocycles. The Labute approximate surface area is 159 Å². The summed E-state index contributed by atoms with van der Waals surface area (Å²) in [7, 11) is 0. The van der Waals surface area contributed by atoms with Crippen LogP contribution in [0.3, 0.4) is 0 Å². The van der Waals surface area contributed by atoms with E-state index in [9.17, 15) is 0 Å². The molecule has 0 N–H and O–H groups in total. The van der Waals surface area contributed by atoms with E-state index in [1.54, 1.807) is 0 Å². The largest absolute Gasteiger partial charge is 0.340 e. The molecule has 0 aliphatic carbocycles. The zero-order valence-corrected chi connectivity index (χ0v) is 17.0. The van der Waals surface area contributed by atoms with Gasteiger partial charge in [0.25, 0.3) is 0 Å². The maximum atomic E-state index is 2.55. The smallest absolute Gasteiger partial charge is 0.0491 e. The second-order valence-electron chi connectivity index (χ2n) is 8.02. The van der Waals surface area contributed by atoms with Gasteiger partial charge >= 0.3 is 0 Å². The van der Waals surface area contributed by atoms with Crippen LogP contribution in [0.5, 0.6) is 0 Å². The van der Waals surface area contributed by atoms with Crippen LogP contribution in [0.25, 0.3) is 21.8 Å². The Kier molecular flexibility index (Phi) is 6.77. The van der Waals surface area contributed by atoms with Crippen molar-refractivity contribution in [1.29, 1.82) is 0 Å². The van der Waals surface area contributed by atoms with Crippen molar-refractivity contribution in [2.45, 2.75) is 85.1 Å². The molecule has 0 amide bonds. The van der Waals surface area contributed by atoms with Crippen LogP contribution >= 0.6 is 0 Å². The molecule has 0 aliphatic rings. The van der Waals surface area contributed by atoms with E-state index >= 15 is 0 Å². The van der Waals surface area contributed by atoms with Crippen LogP contribution in [-0.2, 0) is 6.54 Å². The highest BCUT2D eigenvalue weighted by Gasteiger charge is 2.10. The van der Waals surface area contributed by atoms with E-state index in [1.807, 2.05) is 0 Å². The molecule has 0 atom stereocenters. The number of benzene rings is 2. The number of aromatic nitrogens is 1. The van der Waals surface area contributed by atoms with Crippen molar-refractivity contribution in [2.75, 3.05) is 0 Å². The van der Waals surface area contributed by atoms with Crippen molar-refractivity contribution in [3.05, 3.63) is 47.5 Å². The summed E-state index contributed by atoms with van der Waals surface area (Å²) in [5, 5.41) is 2.83. The molecule has 26 heavy (non-hydrogen) atoms. The normalized spacial score (nSPS) is 11.7. The Bertz CT molecular complexity index is 781. The van der Waals surface area contributed by atoms with Gasteiger partial charge in [0.15, 0.2) is 0 Å². The first kappa shape index (κ1) is 19.0. The number of hydrogen-bond donors (Lipinski definition) is 0. The molecule has 3 rings (SSSR count). The standard InChI is InChI=1S/C25H35N/c1-4-5-6-7-8-9-10-11-12-17-26-24-15-13-20(2)18-22(24)23-19-21(3)14-16-25(23)26/h13-16,18-19H,4-12,17H2,1-3H3. The molecular formula is C25H35N. The summed E-state index contributed by atoms with van der Waals surface area (Å²) in [5.41, 5.74) is 5.49. The minimum Gasteiger partial charge on any atom is -0.340 e. The number of hydrogen-bond acceptors (Lipinski definition) is 0. The van der Waals surface area contributed by atoms with Crippen LogP contribution in [0, 0.1) is 13.8 Å². The zero-order chi connectivity index (χ0) is 18.4. The summed E-state index contributed by atoms with van der Waals surface area (Å²) < 4.78 is 2.55. The third kappa shape index (κ3) is 4.50. The fraction of sp³-hybridized carbons (Fsp3) is 0.520. The minimum absolute atomic E-state index is 1.14. The number of unbranched alkanes of at least 4 members (excludes halogenated alkanes) is 8. The SMILES string of the molecule is CCCCCCCCCCCn1c2ccc(C)cc2c2cc(C)ccc21. The number of rotatable bonds is 10. The van der Waals surface area contributed by atoms with Crippen LogP contribution in [0.4, 0.5) is 0 Å². The first-order valence-corrected chi connectivity index (χ1v) is 10.7. The van der Waals surface area contributed by atoms with Gasteiger partial charge in [-0.25, -0.2) is 0 Å². The zero-order valence-electron chi connectivity index (χ0n) is 17.0. The first-order chi connectivity index (χ1) is 12.7. The highest BCUT2D eigenvalue weighted by atomic mass is 15.0. The van der Waals surface area contributed by atoms with Crippen LogP contribution in [0.1, 0.15) is 75.8 Å². The lowest BCUT2D eigenvalue weighted by Crippen LogP contribution is -1.97. The molecule has 0 aliphatic heterocycles. The summed E-state index contributed by atoms with van der Waals surface area (Å²) in [6.07, 6.45) is 12.5. The highest BCUT2D eigenvalue weighted by Crippen LogP contribution is 2.31. The van der Waals surface area contributed by atoms with E-state index in [-0.39, 0.29) is 0 Å².